The van der Waals surface area contributed by atoms with Gasteiger partial charge in [0.2, 0.25) is 0 Å². The number of amides is 1. The van der Waals surface area contributed by atoms with Gasteiger partial charge in [0.1, 0.15) is 0 Å². The van der Waals surface area contributed by atoms with Crippen molar-refractivity contribution in [1.29, 1.82) is 0 Å². The smallest absolute Gasteiger partial charge is 0.310 e. The van der Waals surface area contributed by atoms with Crippen molar-refractivity contribution in [2.45, 2.75) is 11.4 Å². The van der Waals surface area contributed by atoms with Gasteiger partial charge in [-0.1, -0.05) is 24.3 Å². The van der Waals surface area contributed by atoms with Crippen molar-refractivity contribution in [1.82, 2.24) is 4.90 Å². The average Bonchev–Trinajstić information content (AvgIpc) is 2.60. The first-order valence-corrected chi connectivity index (χ1v) is 8.47. The summed E-state index contributed by atoms with van der Waals surface area (Å²) in [6, 6.07) is 14.0. The van der Waals surface area contributed by atoms with Crippen LogP contribution in [0.2, 0.25) is 0 Å². The van der Waals surface area contributed by atoms with Crippen molar-refractivity contribution in [2.24, 2.45) is 0 Å². The van der Waals surface area contributed by atoms with Gasteiger partial charge in [-0.2, -0.15) is 0 Å². The number of benzene rings is 2. The molecular weight excluding hydrogens is 328 g/mol. The molecule has 126 valence electrons. The molecule has 0 atom stereocenters. The lowest BCUT2D eigenvalue weighted by atomic mass is 10.2. The summed E-state index contributed by atoms with van der Waals surface area (Å²) in [7, 11) is 1.67. The standard InChI is InChI=1S/C17H18N2O4S/c1-18(11-13-7-9-14(24-2)10-8-13)17(20)12-23-16-6-4-3-5-15(16)19(21)22/h3-10H,11-12H2,1-2H3. The maximum atomic E-state index is 12.2. The number of carbonyl (C=O) groups is 1. The van der Waals surface area contributed by atoms with E-state index in [4.69, 9.17) is 4.74 Å². The number of nitro benzene ring substituents is 1. The van der Waals surface area contributed by atoms with Gasteiger partial charge in [0.05, 0.1) is 4.92 Å². The maximum Gasteiger partial charge on any atom is 0.310 e. The van der Waals surface area contributed by atoms with Crippen molar-refractivity contribution >= 4 is 23.4 Å². The lowest BCUT2D eigenvalue weighted by Gasteiger charge is -2.17. The molecule has 0 heterocycles. The van der Waals surface area contributed by atoms with Gasteiger partial charge < -0.3 is 9.64 Å². The van der Waals surface area contributed by atoms with E-state index >= 15 is 0 Å². The number of rotatable bonds is 7. The monoisotopic (exact) mass is 346 g/mol. The summed E-state index contributed by atoms with van der Waals surface area (Å²) in [5.74, 6) is -0.157. The molecule has 2 rings (SSSR count). The van der Waals surface area contributed by atoms with Crippen LogP contribution in [0.15, 0.2) is 53.4 Å². The van der Waals surface area contributed by atoms with Crippen LogP contribution in [-0.2, 0) is 11.3 Å². The zero-order valence-electron chi connectivity index (χ0n) is 13.5. The molecule has 0 radical (unpaired) electrons. The van der Waals surface area contributed by atoms with Crippen molar-refractivity contribution in [3.63, 3.8) is 0 Å². The Labute approximate surface area is 144 Å². The van der Waals surface area contributed by atoms with Gasteiger partial charge in [-0.15, -0.1) is 11.8 Å². The molecule has 0 fully saturated rings. The molecule has 7 heteroatoms. The Morgan fingerprint density at radius 2 is 1.88 bits per heavy atom. The van der Waals surface area contributed by atoms with Crippen LogP contribution in [0, 0.1) is 10.1 Å². The van der Waals surface area contributed by atoms with Crippen molar-refractivity contribution < 1.29 is 14.5 Å². The van der Waals surface area contributed by atoms with Crippen LogP contribution in [0.25, 0.3) is 0 Å². The Balaban J connectivity index is 1.93. The Morgan fingerprint density at radius 3 is 2.50 bits per heavy atom. The molecule has 2 aromatic carbocycles. The molecule has 0 N–H and O–H groups in total. The van der Waals surface area contributed by atoms with Crippen LogP contribution < -0.4 is 4.74 Å². The third kappa shape index (κ3) is 4.73. The molecule has 6 nitrogen and oxygen atoms in total. The number of nitrogens with zero attached hydrogens (tertiary/aromatic N) is 2. The van der Waals surface area contributed by atoms with Crippen LogP contribution in [0.5, 0.6) is 5.75 Å². The summed E-state index contributed by atoms with van der Waals surface area (Å²) in [5, 5.41) is 10.9. The van der Waals surface area contributed by atoms with Crippen molar-refractivity contribution in [3.05, 3.63) is 64.2 Å². The fourth-order valence-corrected chi connectivity index (χ4v) is 2.48. The number of nitro groups is 1. The highest BCUT2D eigenvalue weighted by Crippen LogP contribution is 2.25. The largest absolute Gasteiger partial charge is 0.477 e. The van der Waals surface area contributed by atoms with Gasteiger partial charge in [0.15, 0.2) is 12.4 Å². The summed E-state index contributed by atoms with van der Waals surface area (Å²) in [6.45, 7) is 0.206. The Hall–Kier alpha value is -2.54. The van der Waals surface area contributed by atoms with E-state index in [0.29, 0.717) is 6.54 Å². The van der Waals surface area contributed by atoms with Crippen LogP contribution in [0.4, 0.5) is 5.69 Å². The second-order valence-corrected chi connectivity index (χ2v) is 5.99. The zero-order chi connectivity index (χ0) is 17.5. The van der Waals surface area contributed by atoms with E-state index in [1.165, 1.54) is 17.0 Å². The molecule has 0 aliphatic carbocycles. The first-order chi connectivity index (χ1) is 11.5. The predicted octanol–water partition coefficient (Wildman–Crippen LogP) is 3.35. The average molecular weight is 346 g/mol. The van der Waals surface area contributed by atoms with E-state index in [2.05, 4.69) is 0 Å². The van der Waals surface area contributed by atoms with E-state index in [1.54, 1.807) is 30.9 Å². The van der Waals surface area contributed by atoms with E-state index < -0.39 is 4.92 Å². The number of hydrogen-bond donors (Lipinski definition) is 0. The van der Waals surface area contributed by atoms with Crippen LogP contribution in [-0.4, -0.2) is 35.6 Å². The molecule has 0 unspecified atom stereocenters. The summed E-state index contributed by atoms with van der Waals surface area (Å²) < 4.78 is 5.32. The quantitative estimate of drug-likeness (QED) is 0.437. The minimum Gasteiger partial charge on any atom is -0.477 e. The van der Waals surface area contributed by atoms with Crippen LogP contribution in [0.3, 0.4) is 0 Å². The van der Waals surface area contributed by atoms with Gasteiger partial charge >= 0.3 is 5.69 Å². The molecule has 2 aromatic rings. The minimum absolute atomic E-state index is 0.0913. The second-order valence-electron chi connectivity index (χ2n) is 5.11. The summed E-state index contributed by atoms with van der Waals surface area (Å²) in [4.78, 5) is 25.2. The fraction of sp³-hybridized carbons (Fsp3) is 0.235. The first-order valence-electron chi connectivity index (χ1n) is 7.24. The van der Waals surface area contributed by atoms with E-state index in [0.717, 1.165) is 10.5 Å². The second kappa shape index (κ2) is 8.35. The molecule has 0 aromatic heterocycles. The summed E-state index contributed by atoms with van der Waals surface area (Å²) in [6.07, 6.45) is 2.00. The number of thioether (sulfide) groups is 1. The predicted molar refractivity (Wildman–Crippen MR) is 93.3 cm³/mol. The molecule has 0 spiro atoms. The van der Waals surface area contributed by atoms with Gasteiger partial charge in [0.25, 0.3) is 5.91 Å². The number of ether oxygens (including phenoxy) is 1. The number of hydrogen-bond acceptors (Lipinski definition) is 5. The zero-order valence-corrected chi connectivity index (χ0v) is 14.3. The van der Waals surface area contributed by atoms with Gasteiger partial charge in [-0.05, 0) is 30.0 Å². The fourth-order valence-electron chi connectivity index (χ4n) is 2.07. The van der Waals surface area contributed by atoms with E-state index in [1.807, 2.05) is 30.5 Å². The topological polar surface area (TPSA) is 72.7 Å². The highest BCUT2D eigenvalue weighted by molar-refractivity contribution is 7.98. The molecule has 0 aliphatic heterocycles. The minimum atomic E-state index is -0.531. The number of likely N-dealkylation sites (N-methyl/N-ethyl adjacent to an activating group) is 1. The van der Waals surface area contributed by atoms with Crippen LogP contribution in [0.1, 0.15) is 5.56 Å². The highest BCUT2D eigenvalue weighted by atomic mass is 32.2. The van der Waals surface area contributed by atoms with Crippen LogP contribution >= 0.6 is 11.8 Å². The SMILES string of the molecule is CSc1ccc(CN(C)C(=O)COc2ccccc2[N+](=O)[O-])cc1. The molecule has 1 amide bonds. The lowest BCUT2D eigenvalue weighted by molar-refractivity contribution is -0.385. The maximum absolute atomic E-state index is 12.2. The number of para-hydroxylation sites is 2. The van der Waals surface area contributed by atoms with Gasteiger partial charge in [-0.3, -0.25) is 14.9 Å². The number of carbonyl (C=O) groups excluding carboxylic acids is 1. The van der Waals surface area contributed by atoms with Gasteiger partial charge in [0, 0.05) is 24.6 Å². The molecule has 0 saturated carbocycles. The van der Waals surface area contributed by atoms with E-state index in [9.17, 15) is 14.9 Å². The molecule has 0 saturated heterocycles. The van der Waals surface area contributed by atoms with E-state index in [-0.39, 0.29) is 24.0 Å². The Bertz CT molecular complexity index is 719. The normalized spacial score (nSPS) is 10.2. The van der Waals surface area contributed by atoms with Crippen molar-refractivity contribution in [2.75, 3.05) is 19.9 Å². The summed E-state index contributed by atoms with van der Waals surface area (Å²) in [5.41, 5.74) is 0.856. The van der Waals surface area contributed by atoms with Crippen molar-refractivity contribution in [3.8, 4) is 5.75 Å². The first kappa shape index (κ1) is 17.8. The third-order valence-electron chi connectivity index (χ3n) is 3.42. The highest BCUT2D eigenvalue weighted by Gasteiger charge is 2.16. The molecule has 24 heavy (non-hydrogen) atoms. The molecule has 0 aliphatic rings. The lowest BCUT2D eigenvalue weighted by Crippen LogP contribution is -2.31. The third-order valence-corrected chi connectivity index (χ3v) is 4.16. The molecular formula is C17H18N2O4S. The summed E-state index contributed by atoms with van der Waals surface area (Å²) >= 11 is 1.66. The Morgan fingerprint density at radius 1 is 1.21 bits per heavy atom. The van der Waals surface area contributed by atoms with Gasteiger partial charge in [-0.25, -0.2) is 0 Å². The Kier molecular flexibility index (Phi) is 6.20. The molecule has 0 bridgehead atoms.